The summed E-state index contributed by atoms with van der Waals surface area (Å²) in [4.78, 5) is 7.58. The zero-order valence-electron chi connectivity index (χ0n) is 9.61. The largest absolute Gasteiger partial charge is 0.378 e. The van der Waals surface area contributed by atoms with Gasteiger partial charge in [0.25, 0.3) is 0 Å². The van der Waals surface area contributed by atoms with Gasteiger partial charge in [-0.2, -0.15) is 4.98 Å². The predicted octanol–water partition coefficient (Wildman–Crippen LogP) is 0.881. The molecule has 0 unspecified atom stereocenters. The van der Waals surface area contributed by atoms with E-state index >= 15 is 0 Å². The van der Waals surface area contributed by atoms with Gasteiger partial charge in [0.1, 0.15) is 0 Å². The Labute approximate surface area is 98.7 Å². The highest BCUT2D eigenvalue weighted by atomic mass is 19.1. The fourth-order valence-electron chi connectivity index (χ4n) is 1.79. The van der Waals surface area contributed by atoms with Crippen LogP contribution in [-0.2, 0) is 4.74 Å². The van der Waals surface area contributed by atoms with Crippen LogP contribution in [0.5, 0.6) is 0 Å². The van der Waals surface area contributed by atoms with E-state index in [0.717, 1.165) is 19.0 Å². The molecular formula is C10H16FN5O. The lowest BCUT2D eigenvalue weighted by atomic mass is 9.89. The van der Waals surface area contributed by atoms with Crippen LogP contribution < -0.4 is 16.6 Å². The summed E-state index contributed by atoms with van der Waals surface area (Å²) in [6.45, 7) is 2.67. The van der Waals surface area contributed by atoms with Gasteiger partial charge in [0, 0.05) is 12.6 Å². The maximum Gasteiger partial charge on any atom is 0.239 e. The highest BCUT2D eigenvalue weighted by Crippen LogP contribution is 2.27. The molecule has 1 saturated carbocycles. The maximum absolute atomic E-state index is 13.4. The van der Waals surface area contributed by atoms with E-state index in [-0.39, 0.29) is 23.9 Å². The van der Waals surface area contributed by atoms with Crippen LogP contribution in [0.25, 0.3) is 0 Å². The highest BCUT2D eigenvalue weighted by molar-refractivity contribution is 5.41. The Morgan fingerprint density at radius 2 is 2.35 bits per heavy atom. The number of rotatable bonds is 5. The summed E-state index contributed by atoms with van der Waals surface area (Å²) in [5.74, 6) is 5.04. The quantitative estimate of drug-likeness (QED) is 0.524. The highest BCUT2D eigenvalue weighted by Gasteiger charge is 2.30. The van der Waals surface area contributed by atoms with Crippen molar-refractivity contribution in [1.82, 2.24) is 9.97 Å². The van der Waals surface area contributed by atoms with Crippen LogP contribution in [0.15, 0.2) is 6.20 Å². The van der Waals surface area contributed by atoms with Gasteiger partial charge in [-0.25, -0.2) is 15.2 Å². The SMILES string of the molecule is CCOC1CC(Nc2nc(NN)ncc2F)C1. The number of hydrogen-bond acceptors (Lipinski definition) is 6. The van der Waals surface area contributed by atoms with Gasteiger partial charge < -0.3 is 10.1 Å². The molecule has 6 nitrogen and oxygen atoms in total. The number of hydrogen-bond donors (Lipinski definition) is 3. The van der Waals surface area contributed by atoms with Crippen molar-refractivity contribution in [1.29, 1.82) is 0 Å². The van der Waals surface area contributed by atoms with Crippen molar-refractivity contribution < 1.29 is 9.13 Å². The molecule has 0 atom stereocenters. The summed E-state index contributed by atoms with van der Waals surface area (Å²) in [5.41, 5.74) is 2.28. The van der Waals surface area contributed by atoms with E-state index in [1.807, 2.05) is 6.92 Å². The van der Waals surface area contributed by atoms with Crippen LogP contribution in [-0.4, -0.2) is 28.7 Å². The average Bonchev–Trinajstić information content (AvgIpc) is 2.29. The van der Waals surface area contributed by atoms with Crippen LogP contribution in [0.3, 0.4) is 0 Å². The summed E-state index contributed by atoms with van der Waals surface area (Å²) in [7, 11) is 0. The van der Waals surface area contributed by atoms with E-state index in [1.54, 1.807) is 0 Å². The topological polar surface area (TPSA) is 85.1 Å². The van der Waals surface area contributed by atoms with E-state index in [4.69, 9.17) is 10.6 Å². The first-order chi connectivity index (χ1) is 8.22. The summed E-state index contributed by atoms with van der Waals surface area (Å²) in [5, 5.41) is 3.01. The number of nitrogens with two attached hydrogens (primary N) is 1. The lowest BCUT2D eigenvalue weighted by molar-refractivity contribution is 0.00286. The molecule has 1 heterocycles. The zero-order chi connectivity index (χ0) is 12.3. The molecule has 0 saturated heterocycles. The Bertz CT molecular complexity index is 383. The molecule has 1 aromatic heterocycles. The van der Waals surface area contributed by atoms with E-state index < -0.39 is 5.82 Å². The molecule has 0 bridgehead atoms. The second-order valence-corrected chi connectivity index (χ2v) is 3.92. The van der Waals surface area contributed by atoms with Crippen molar-refractivity contribution in [3.63, 3.8) is 0 Å². The number of nitrogens with zero attached hydrogens (tertiary/aromatic N) is 2. The summed E-state index contributed by atoms with van der Waals surface area (Å²) in [6.07, 6.45) is 3.09. The van der Waals surface area contributed by atoms with Crippen LogP contribution in [0.2, 0.25) is 0 Å². The van der Waals surface area contributed by atoms with Crippen LogP contribution in [0.1, 0.15) is 19.8 Å². The maximum atomic E-state index is 13.4. The van der Waals surface area contributed by atoms with E-state index in [0.29, 0.717) is 6.61 Å². The lowest BCUT2D eigenvalue weighted by Gasteiger charge is -2.35. The first-order valence-corrected chi connectivity index (χ1v) is 5.60. The molecule has 1 aliphatic carbocycles. The predicted molar refractivity (Wildman–Crippen MR) is 61.9 cm³/mol. The van der Waals surface area contributed by atoms with Crippen molar-refractivity contribution in [2.45, 2.75) is 31.9 Å². The zero-order valence-corrected chi connectivity index (χ0v) is 9.61. The normalized spacial score (nSPS) is 23.0. The molecule has 1 aliphatic rings. The first-order valence-electron chi connectivity index (χ1n) is 5.60. The van der Waals surface area contributed by atoms with Crippen molar-refractivity contribution in [2.24, 2.45) is 5.84 Å². The van der Waals surface area contributed by atoms with E-state index in [9.17, 15) is 4.39 Å². The molecule has 1 aromatic rings. The van der Waals surface area contributed by atoms with Crippen LogP contribution in [0.4, 0.5) is 16.2 Å². The number of aromatic nitrogens is 2. The Morgan fingerprint density at radius 1 is 1.59 bits per heavy atom. The Kier molecular flexibility index (Phi) is 3.70. The lowest BCUT2D eigenvalue weighted by Crippen LogP contribution is -2.41. The van der Waals surface area contributed by atoms with Gasteiger partial charge in [-0.1, -0.05) is 0 Å². The minimum absolute atomic E-state index is 0.174. The molecule has 2 rings (SSSR count). The van der Waals surface area contributed by atoms with Crippen molar-refractivity contribution in [2.75, 3.05) is 17.3 Å². The Morgan fingerprint density at radius 3 is 3.00 bits per heavy atom. The summed E-state index contributed by atoms with van der Waals surface area (Å²) < 4.78 is 18.8. The summed E-state index contributed by atoms with van der Waals surface area (Å²) in [6, 6.07) is 0.196. The molecule has 0 spiro atoms. The van der Waals surface area contributed by atoms with E-state index in [1.165, 1.54) is 0 Å². The molecule has 1 fully saturated rings. The van der Waals surface area contributed by atoms with Crippen molar-refractivity contribution >= 4 is 11.8 Å². The van der Waals surface area contributed by atoms with Crippen LogP contribution in [0, 0.1) is 5.82 Å². The van der Waals surface area contributed by atoms with Gasteiger partial charge in [0.15, 0.2) is 11.6 Å². The van der Waals surface area contributed by atoms with Gasteiger partial charge in [0.05, 0.1) is 12.3 Å². The molecule has 94 valence electrons. The molecule has 0 aliphatic heterocycles. The molecular weight excluding hydrogens is 225 g/mol. The molecule has 0 radical (unpaired) electrons. The Balaban J connectivity index is 1.91. The van der Waals surface area contributed by atoms with Gasteiger partial charge in [-0.05, 0) is 19.8 Å². The summed E-state index contributed by atoms with van der Waals surface area (Å²) >= 11 is 0. The minimum Gasteiger partial charge on any atom is -0.378 e. The molecule has 4 N–H and O–H groups in total. The number of ether oxygens (including phenoxy) is 1. The Hall–Kier alpha value is -1.47. The number of halogens is 1. The first kappa shape index (κ1) is 12.0. The third-order valence-electron chi connectivity index (χ3n) is 2.71. The van der Waals surface area contributed by atoms with Crippen molar-refractivity contribution in [3.8, 4) is 0 Å². The number of nitrogen functional groups attached to an aromatic ring is 1. The second-order valence-electron chi connectivity index (χ2n) is 3.92. The minimum atomic E-state index is -0.483. The van der Waals surface area contributed by atoms with Gasteiger partial charge in [0.2, 0.25) is 5.95 Å². The average molecular weight is 241 g/mol. The van der Waals surface area contributed by atoms with Crippen LogP contribution >= 0.6 is 0 Å². The standard InChI is InChI=1S/C10H16FN5O/c1-2-17-7-3-6(4-7)14-9-8(11)5-13-10(15-9)16-12/h5-7H,2-4,12H2,1H3,(H2,13,14,15,16). The molecule has 0 aromatic carbocycles. The van der Waals surface area contributed by atoms with Gasteiger partial charge in [-0.15, -0.1) is 0 Å². The second kappa shape index (κ2) is 5.24. The van der Waals surface area contributed by atoms with E-state index in [2.05, 4.69) is 20.7 Å². The third-order valence-corrected chi connectivity index (χ3v) is 2.71. The number of hydrazine groups is 1. The number of anilines is 2. The molecule has 7 heteroatoms. The fraction of sp³-hybridized carbons (Fsp3) is 0.600. The smallest absolute Gasteiger partial charge is 0.239 e. The molecule has 0 amide bonds. The fourth-order valence-corrected chi connectivity index (χ4v) is 1.79. The number of nitrogens with one attached hydrogen (secondary N) is 2. The van der Waals surface area contributed by atoms with Gasteiger partial charge in [-0.3, -0.25) is 5.43 Å². The van der Waals surface area contributed by atoms with Gasteiger partial charge >= 0.3 is 0 Å². The molecule has 17 heavy (non-hydrogen) atoms. The third kappa shape index (κ3) is 2.80. The monoisotopic (exact) mass is 241 g/mol. The van der Waals surface area contributed by atoms with Crippen molar-refractivity contribution in [3.05, 3.63) is 12.0 Å².